The highest BCUT2D eigenvalue weighted by Gasteiger charge is 2.27. The van der Waals surface area contributed by atoms with Crippen LogP contribution in [0.5, 0.6) is 0 Å². The van der Waals surface area contributed by atoms with Crippen molar-refractivity contribution in [2.75, 3.05) is 24.6 Å². The average Bonchev–Trinajstić information content (AvgIpc) is 3.32. The van der Waals surface area contributed by atoms with E-state index in [0.29, 0.717) is 31.3 Å². The van der Waals surface area contributed by atoms with E-state index in [0.717, 1.165) is 21.8 Å². The van der Waals surface area contributed by atoms with E-state index in [4.69, 9.17) is 14.7 Å². The topological polar surface area (TPSA) is 73.1 Å². The van der Waals surface area contributed by atoms with Crippen LogP contribution in [0, 0.1) is 0 Å². The van der Waals surface area contributed by atoms with Gasteiger partial charge in [0, 0.05) is 48.6 Å². The lowest BCUT2D eigenvalue weighted by molar-refractivity contribution is 0.0389. The quantitative estimate of drug-likeness (QED) is 0.492. The Kier molecular flexibility index (Phi) is 5.31. The van der Waals surface area contributed by atoms with E-state index in [1.807, 2.05) is 30.3 Å². The first-order valence-electron chi connectivity index (χ1n) is 10.0. The van der Waals surface area contributed by atoms with Crippen molar-refractivity contribution in [2.24, 2.45) is 7.05 Å². The molecule has 4 aromatic rings. The molecular weight excluding hydrogens is 410 g/mol. The molecule has 0 spiro atoms. The maximum absolute atomic E-state index is 12.6. The van der Waals surface area contributed by atoms with Gasteiger partial charge in [0.25, 0.3) is 5.56 Å². The number of morpholine rings is 1. The summed E-state index contributed by atoms with van der Waals surface area (Å²) < 4.78 is 7.62. The molecule has 1 saturated heterocycles. The van der Waals surface area contributed by atoms with Crippen molar-refractivity contribution in [2.45, 2.75) is 6.10 Å². The van der Waals surface area contributed by atoms with Gasteiger partial charge in [-0.15, -0.1) is 11.3 Å². The Morgan fingerprint density at radius 3 is 2.61 bits per heavy atom. The number of thiazole rings is 1. The molecular formula is C23H21N5O2S. The predicted molar refractivity (Wildman–Crippen MR) is 121 cm³/mol. The lowest BCUT2D eigenvalue weighted by Crippen LogP contribution is -2.41. The molecule has 1 aliphatic heterocycles. The van der Waals surface area contributed by atoms with Crippen molar-refractivity contribution in [1.29, 1.82) is 0 Å². The summed E-state index contributed by atoms with van der Waals surface area (Å²) in [7, 11) is 1.75. The molecule has 0 bridgehead atoms. The summed E-state index contributed by atoms with van der Waals surface area (Å²) in [5, 5.41) is 2.99. The molecule has 31 heavy (non-hydrogen) atoms. The third kappa shape index (κ3) is 3.99. The van der Waals surface area contributed by atoms with Gasteiger partial charge in [0.2, 0.25) is 5.95 Å². The first kappa shape index (κ1) is 19.6. The monoisotopic (exact) mass is 431 g/mol. The molecule has 4 heterocycles. The summed E-state index contributed by atoms with van der Waals surface area (Å²) in [5.74, 6) is 0.632. The summed E-state index contributed by atoms with van der Waals surface area (Å²) in [6, 6.07) is 15.4. The van der Waals surface area contributed by atoms with Gasteiger partial charge in [0.05, 0.1) is 24.5 Å². The predicted octanol–water partition coefficient (Wildman–Crippen LogP) is 3.54. The highest BCUT2D eigenvalue weighted by molar-refractivity contribution is 7.10. The molecule has 8 heteroatoms. The zero-order valence-electron chi connectivity index (χ0n) is 17.0. The summed E-state index contributed by atoms with van der Waals surface area (Å²) >= 11 is 1.60. The Bertz CT molecular complexity index is 1240. The number of pyridine rings is 1. The van der Waals surface area contributed by atoms with E-state index in [-0.39, 0.29) is 11.7 Å². The SMILES string of the molecule is Cn1c(N2CCOC(c3nc(-c4ccccc4)cs3)C2)nc(-c2ccncc2)cc1=O. The maximum Gasteiger partial charge on any atom is 0.255 e. The normalized spacial score (nSPS) is 16.4. The first-order chi connectivity index (χ1) is 15.2. The van der Waals surface area contributed by atoms with Crippen LogP contribution < -0.4 is 10.5 Å². The summed E-state index contributed by atoms with van der Waals surface area (Å²) in [6.45, 7) is 1.79. The number of nitrogens with zero attached hydrogens (tertiary/aromatic N) is 5. The summed E-state index contributed by atoms with van der Waals surface area (Å²) in [6.07, 6.45) is 3.23. The van der Waals surface area contributed by atoms with Gasteiger partial charge in [-0.25, -0.2) is 9.97 Å². The van der Waals surface area contributed by atoms with Crippen LogP contribution in [-0.2, 0) is 11.8 Å². The zero-order valence-corrected chi connectivity index (χ0v) is 17.8. The second-order valence-electron chi connectivity index (χ2n) is 7.32. The van der Waals surface area contributed by atoms with Gasteiger partial charge >= 0.3 is 0 Å². The molecule has 156 valence electrons. The molecule has 1 unspecified atom stereocenters. The zero-order chi connectivity index (χ0) is 21.2. The van der Waals surface area contributed by atoms with E-state index in [2.05, 4.69) is 27.4 Å². The van der Waals surface area contributed by atoms with E-state index in [1.165, 1.54) is 0 Å². The molecule has 0 amide bonds. The van der Waals surface area contributed by atoms with Gasteiger partial charge in [-0.3, -0.25) is 14.3 Å². The van der Waals surface area contributed by atoms with E-state index >= 15 is 0 Å². The molecule has 1 fully saturated rings. The number of hydrogen-bond donors (Lipinski definition) is 0. The molecule has 3 aromatic heterocycles. The third-order valence-corrected chi connectivity index (χ3v) is 6.24. The number of benzene rings is 1. The fourth-order valence-electron chi connectivity index (χ4n) is 3.64. The van der Waals surface area contributed by atoms with E-state index < -0.39 is 0 Å². The van der Waals surface area contributed by atoms with Crippen LogP contribution in [0.4, 0.5) is 5.95 Å². The molecule has 0 aliphatic carbocycles. The number of rotatable bonds is 4. The molecule has 1 atom stereocenters. The van der Waals surface area contributed by atoms with Crippen LogP contribution in [-0.4, -0.2) is 39.2 Å². The van der Waals surface area contributed by atoms with Crippen LogP contribution in [0.3, 0.4) is 0 Å². The maximum atomic E-state index is 12.6. The van der Waals surface area contributed by atoms with Crippen molar-refractivity contribution >= 4 is 17.3 Å². The molecule has 0 radical (unpaired) electrons. The number of aromatic nitrogens is 4. The van der Waals surface area contributed by atoms with Crippen molar-refractivity contribution < 1.29 is 4.74 Å². The van der Waals surface area contributed by atoms with Gasteiger partial charge in [-0.05, 0) is 12.1 Å². The minimum Gasteiger partial charge on any atom is -0.367 e. The Hall–Kier alpha value is -3.36. The lowest BCUT2D eigenvalue weighted by Gasteiger charge is -2.33. The second-order valence-corrected chi connectivity index (χ2v) is 8.21. The summed E-state index contributed by atoms with van der Waals surface area (Å²) in [5.41, 5.74) is 3.45. The van der Waals surface area contributed by atoms with Crippen LogP contribution >= 0.6 is 11.3 Å². The van der Waals surface area contributed by atoms with Crippen molar-refractivity contribution in [3.8, 4) is 22.5 Å². The largest absolute Gasteiger partial charge is 0.367 e. The minimum absolute atomic E-state index is 0.0968. The molecule has 1 aromatic carbocycles. The number of ether oxygens (including phenoxy) is 1. The second kappa shape index (κ2) is 8.41. The van der Waals surface area contributed by atoms with Gasteiger partial charge in [0.15, 0.2) is 0 Å². The minimum atomic E-state index is -0.169. The average molecular weight is 432 g/mol. The van der Waals surface area contributed by atoms with Crippen molar-refractivity contribution in [1.82, 2.24) is 19.5 Å². The molecule has 1 aliphatic rings. The Balaban J connectivity index is 1.43. The fraction of sp³-hybridized carbons (Fsp3) is 0.217. The van der Waals surface area contributed by atoms with Gasteiger partial charge in [-0.1, -0.05) is 30.3 Å². The Labute approximate surface area is 183 Å². The highest BCUT2D eigenvalue weighted by Crippen LogP contribution is 2.30. The van der Waals surface area contributed by atoms with Gasteiger partial charge < -0.3 is 9.64 Å². The smallest absolute Gasteiger partial charge is 0.255 e. The number of hydrogen-bond acceptors (Lipinski definition) is 7. The van der Waals surface area contributed by atoms with Crippen LogP contribution in [0.25, 0.3) is 22.5 Å². The third-order valence-electron chi connectivity index (χ3n) is 5.30. The van der Waals surface area contributed by atoms with Crippen LogP contribution in [0.2, 0.25) is 0 Å². The standard InChI is InChI=1S/C23H21N5O2S/c1-27-21(29)13-18(17-7-9-24-10-8-17)26-23(27)28-11-12-30-20(14-28)22-25-19(15-31-22)16-5-3-2-4-6-16/h2-10,13,15,20H,11-12,14H2,1H3. The van der Waals surface area contributed by atoms with Gasteiger partial charge in [0.1, 0.15) is 11.1 Å². The molecule has 0 N–H and O–H groups in total. The van der Waals surface area contributed by atoms with Crippen LogP contribution in [0.1, 0.15) is 11.1 Å². The Morgan fingerprint density at radius 1 is 1.03 bits per heavy atom. The molecule has 7 nitrogen and oxygen atoms in total. The summed E-state index contributed by atoms with van der Waals surface area (Å²) in [4.78, 5) is 28.4. The van der Waals surface area contributed by atoms with Crippen molar-refractivity contribution in [3.05, 3.63) is 81.7 Å². The lowest BCUT2D eigenvalue weighted by atomic mass is 10.2. The fourth-order valence-corrected chi connectivity index (χ4v) is 4.50. The highest BCUT2D eigenvalue weighted by atomic mass is 32.1. The van der Waals surface area contributed by atoms with E-state index in [1.54, 1.807) is 41.4 Å². The molecule has 5 rings (SSSR count). The Morgan fingerprint density at radius 2 is 1.81 bits per heavy atom. The van der Waals surface area contributed by atoms with E-state index in [9.17, 15) is 4.79 Å². The van der Waals surface area contributed by atoms with Gasteiger partial charge in [-0.2, -0.15) is 0 Å². The number of anilines is 1. The molecule has 0 saturated carbocycles. The first-order valence-corrected chi connectivity index (χ1v) is 10.9. The van der Waals surface area contributed by atoms with Crippen molar-refractivity contribution in [3.63, 3.8) is 0 Å². The van der Waals surface area contributed by atoms with Crippen LogP contribution in [0.15, 0.2) is 71.1 Å².